The van der Waals surface area contributed by atoms with Crippen LogP contribution in [0, 0.1) is 24.2 Å². The van der Waals surface area contributed by atoms with E-state index >= 15 is 0 Å². The Morgan fingerprint density at radius 3 is 2.71 bits per heavy atom. The lowest BCUT2D eigenvalue weighted by molar-refractivity contribution is -0.136. The van der Waals surface area contributed by atoms with Crippen molar-refractivity contribution in [2.24, 2.45) is 17.3 Å². The van der Waals surface area contributed by atoms with E-state index in [1.165, 1.54) is 11.1 Å². The average Bonchev–Trinajstić information content (AvgIpc) is 2.77. The molecule has 0 spiro atoms. The minimum Gasteiger partial charge on any atom is -0.299 e. The molecule has 2 saturated carbocycles. The van der Waals surface area contributed by atoms with Gasteiger partial charge in [0, 0.05) is 24.2 Å². The van der Waals surface area contributed by atoms with Crippen molar-refractivity contribution in [1.82, 2.24) is 0 Å². The summed E-state index contributed by atoms with van der Waals surface area (Å²) in [4.78, 5) is 24.6. The molecule has 2 aliphatic carbocycles. The third-order valence-electron chi connectivity index (χ3n) is 5.91. The van der Waals surface area contributed by atoms with Crippen LogP contribution in [0.15, 0.2) is 24.3 Å². The molecule has 0 N–H and O–H groups in total. The molecule has 0 bridgehead atoms. The lowest BCUT2D eigenvalue weighted by Crippen LogP contribution is -2.42. The van der Waals surface area contributed by atoms with Crippen LogP contribution >= 0.6 is 0 Å². The van der Waals surface area contributed by atoms with E-state index < -0.39 is 0 Å². The van der Waals surface area contributed by atoms with Crippen LogP contribution in [0.3, 0.4) is 0 Å². The predicted molar refractivity (Wildman–Crippen MR) is 83.1 cm³/mol. The lowest BCUT2D eigenvalue weighted by atomic mass is 9.62. The molecule has 0 saturated heterocycles. The van der Waals surface area contributed by atoms with Gasteiger partial charge in [-0.05, 0) is 49.7 Å². The van der Waals surface area contributed by atoms with Crippen molar-refractivity contribution in [1.29, 1.82) is 0 Å². The molecule has 21 heavy (non-hydrogen) atoms. The Kier molecular flexibility index (Phi) is 3.73. The molecule has 3 rings (SSSR count). The van der Waals surface area contributed by atoms with Crippen LogP contribution in [-0.4, -0.2) is 11.6 Å². The first kappa shape index (κ1) is 14.5. The molecule has 0 amide bonds. The second-order valence-electron chi connectivity index (χ2n) is 7.02. The van der Waals surface area contributed by atoms with Gasteiger partial charge >= 0.3 is 0 Å². The third-order valence-corrected chi connectivity index (χ3v) is 5.91. The van der Waals surface area contributed by atoms with E-state index in [0.29, 0.717) is 24.4 Å². The minimum atomic E-state index is -0.218. The summed E-state index contributed by atoms with van der Waals surface area (Å²) >= 11 is 0. The number of carbonyl (C=O) groups is 2. The minimum absolute atomic E-state index is 0.0924. The Morgan fingerprint density at radius 2 is 1.95 bits per heavy atom. The number of aryl methyl sites for hydroxylation is 2. The van der Waals surface area contributed by atoms with Crippen LogP contribution in [0.4, 0.5) is 0 Å². The summed E-state index contributed by atoms with van der Waals surface area (Å²) in [6, 6.07) is 8.40. The summed E-state index contributed by atoms with van der Waals surface area (Å²) in [5, 5.41) is 0. The molecule has 2 aliphatic rings. The summed E-state index contributed by atoms with van der Waals surface area (Å²) in [6.07, 6.45) is 4.81. The summed E-state index contributed by atoms with van der Waals surface area (Å²) in [5.41, 5.74) is 2.41. The Hall–Kier alpha value is -1.44. The fraction of sp³-hybridized carbons (Fsp3) is 0.579. The molecule has 112 valence electrons. The van der Waals surface area contributed by atoms with Crippen LogP contribution in [0.25, 0.3) is 0 Å². The monoisotopic (exact) mass is 284 g/mol. The van der Waals surface area contributed by atoms with Gasteiger partial charge in [0.1, 0.15) is 11.6 Å². The number of carbonyl (C=O) groups excluding carboxylic acids is 2. The second-order valence-corrected chi connectivity index (χ2v) is 7.02. The van der Waals surface area contributed by atoms with Gasteiger partial charge in [-0.25, -0.2) is 0 Å². The molecular weight excluding hydrogens is 260 g/mol. The second kappa shape index (κ2) is 5.40. The molecule has 2 nitrogen and oxygen atoms in total. The van der Waals surface area contributed by atoms with Crippen molar-refractivity contribution < 1.29 is 9.59 Å². The predicted octanol–water partition coefficient (Wildman–Crippen LogP) is 3.89. The normalized spacial score (nSPS) is 32.3. The van der Waals surface area contributed by atoms with Crippen LogP contribution in [0.1, 0.15) is 50.2 Å². The van der Waals surface area contributed by atoms with Gasteiger partial charge in [0.2, 0.25) is 0 Å². The topological polar surface area (TPSA) is 34.1 Å². The number of Topliss-reactive ketones (excluding diaryl/α,β-unsaturated/α-hetero) is 2. The quantitative estimate of drug-likeness (QED) is 0.843. The molecule has 1 unspecified atom stereocenters. The number of fused-ring (bicyclic) bond motifs is 1. The smallest absolute Gasteiger partial charge is 0.139 e. The van der Waals surface area contributed by atoms with E-state index in [9.17, 15) is 9.59 Å². The number of hydrogen-bond donors (Lipinski definition) is 0. The van der Waals surface area contributed by atoms with Gasteiger partial charge in [-0.15, -0.1) is 0 Å². The first-order valence-corrected chi connectivity index (χ1v) is 8.13. The number of hydrogen-bond acceptors (Lipinski definition) is 2. The number of benzene rings is 1. The van der Waals surface area contributed by atoms with Gasteiger partial charge in [0.05, 0.1) is 0 Å². The van der Waals surface area contributed by atoms with E-state index in [2.05, 4.69) is 38.1 Å². The van der Waals surface area contributed by atoms with E-state index in [1.807, 2.05) is 0 Å². The average molecular weight is 284 g/mol. The van der Waals surface area contributed by atoms with Gasteiger partial charge in [0.15, 0.2) is 0 Å². The maximum absolute atomic E-state index is 12.4. The van der Waals surface area contributed by atoms with Gasteiger partial charge < -0.3 is 0 Å². The molecular formula is C19H24O2. The Morgan fingerprint density at radius 1 is 1.19 bits per heavy atom. The zero-order valence-electron chi connectivity index (χ0n) is 13.0. The highest BCUT2D eigenvalue weighted by molar-refractivity contribution is 5.92. The van der Waals surface area contributed by atoms with Crippen molar-refractivity contribution >= 4 is 11.6 Å². The molecule has 2 heteroatoms. The summed E-state index contributed by atoms with van der Waals surface area (Å²) in [6.45, 7) is 4.22. The molecule has 0 aromatic heterocycles. The van der Waals surface area contributed by atoms with E-state index in [1.54, 1.807) is 0 Å². The summed E-state index contributed by atoms with van der Waals surface area (Å²) < 4.78 is 0. The lowest BCUT2D eigenvalue weighted by Gasteiger charge is -2.39. The Labute approximate surface area is 126 Å². The van der Waals surface area contributed by atoms with Gasteiger partial charge in [0.25, 0.3) is 0 Å². The summed E-state index contributed by atoms with van der Waals surface area (Å²) in [5.74, 6) is 1.16. The molecule has 1 aromatic carbocycles. The first-order valence-electron chi connectivity index (χ1n) is 8.13. The van der Waals surface area contributed by atoms with E-state index in [-0.39, 0.29) is 17.3 Å². The van der Waals surface area contributed by atoms with Crippen molar-refractivity contribution in [3.05, 3.63) is 35.4 Å². The van der Waals surface area contributed by atoms with Crippen molar-refractivity contribution in [3.8, 4) is 0 Å². The largest absolute Gasteiger partial charge is 0.299 e. The Bertz CT molecular complexity index is 575. The van der Waals surface area contributed by atoms with Crippen LogP contribution < -0.4 is 0 Å². The van der Waals surface area contributed by atoms with E-state index in [4.69, 9.17) is 0 Å². The maximum atomic E-state index is 12.4. The fourth-order valence-corrected chi connectivity index (χ4v) is 4.42. The van der Waals surface area contributed by atoms with Crippen molar-refractivity contribution in [2.75, 3.05) is 0 Å². The SMILES string of the molecule is Cc1ccccc1CCC1C(=O)CC[C@]2(C)C(=O)CC[C@@H]12. The highest BCUT2D eigenvalue weighted by Crippen LogP contribution is 2.52. The molecule has 0 radical (unpaired) electrons. The molecule has 0 aliphatic heterocycles. The third kappa shape index (κ3) is 2.45. The van der Waals surface area contributed by atoms with Gasteiger partial charge in [-0.1, -0.05) is 31.2 Å². The van der Waals surface area contributed by atoms with Crippen molar-refractivity contribution in [2.45, 2.75) is 52.4 Å². The van der Waals surface area contributed by atoms with Gasteiger partial charge in [-0.3, -0.25) is 9.59 Å². The van der Waals surface area contributed by atoms with E-state index in [0.717, 1.165) is 25.7 Å². The standard InChI is InChI=1S/C19H24O2/c1-13-5-3-4-6-14(13)7-8-15-16-9-10-18(21)19(16,2)12-11-17(15)20/h3-6,15-16H,7-12H2,1-2H3/t15?,16-,19-/m0/s1. The fourth-order valence-electron chi connectivity index (χ4n) is 4.42. The van der Waals surface area contributed by atoms with Gasteiger partial charge in [-0.2, -0.15) is 0 Å². The van der Waals surface area contributed by atoms with Crippen LogP contribution in [0.2, 0.25) is 0 Å². The molecule has 3 atom stereocenters. The molecule has 2 fully saturated rings. The van der Waals surface area contributed by atoms with Crippen LogP contribution in [0.5, 0.6) is 0 Å². The number of rotatable bonds is 3. The molecule has 0 heterocycles. The Balaban J connectivity index is 1.76. The highest BCUT2D eigenvalue weighted by Gasteiger charge is 2.53. The first-order chi connectivity index (χ1) is 10.0. The molecule has 1 aromatic rings. The van der Waals surface area contributed by atoms with Crippen molar-refractivity contribution in [3.63, 3.8) is 0 Å². The highest BCUT2D eigenvalue weighted by atomic mass is 16.1. The number of ketones is 2. The zero-order valence-corrected chi connectivity index (χ0v) is 13.0. The zero-order chi connectivity index (χ0) is 15.0. The maximum Gasteiger partial charge on any atom is 0.139 e. The van der Waals surface area contributed by atoms with Crippen LogP contribution in [-0.2, 0) is 16.0 Å². The summed E-state index contributed by atoms with van der Waals surface area (Å²) in [7, 11) is 0.